The van der Waals surface area contributed by atoms with E-state index >= 15 is 4.39 Å². The lowest BCUT2D eigenvalue weighted by molar-refractivity contribution is 0.144. The number of aliphatic hydroxyl groups is 1. The van der Waals surface area contributed by atoms with Gasteiger partial charge < -0.3 is 14.6 Å². The molecule has 0 spiro atoms. The summed E-state index contributed by atoms with van der Waals surface area (Å²) in [6.07, 6.45) is 0.700. The minimum absolute atomic E-state index is 0.105. The van der Waals surface area contributed by atoms with Gasteiger partial charge in [0.25, 0.3) is 0 Å². The summed E-state index contributed by atoms with van der Waals surface area (Å²) in [6.45, 7) is 0.279. The molecule has 146 valence electrons. The van der Waals surface area contributed by atoms with Gasteiger partial charge in [-0.25, -0.2) is 4.39 Å². The second kappa shape index (κ2) is 9.69. The Kier molecular flexibility index (Phi) is 7.04. The molecule has 0 bridgehead atoms. The number of aliphatic hydroxyl groups excluding tert-OH is 1. The molecule has 0 aliphatic heterocycles. The fraction of sp³-hybridized carbons (Fsp3) is 0.217. The van der Waals surface area contributed by atoms with Gasteiger partial charge in [0.05, 0.1) is 13.2 Å². The highest BCUT2D eigenvalue weighted by atomic mass is 35.5. The Balaban J connectivity index is 2.01. The van der Waals surface area contributed by atoms with E-state index in [4.69, 9.17) is 21.1 Å². The van der Waals surface area contributed by atoms with E-state index in [1.807, 2.05) is 42.5 Å². The van der Waals surface area contributed by atoms with Gasteiger partial charge in [0, 0.05) is 23.3 Å². The molecular formula is C23H22ClFO3. The van der Waals surface area contributed by atoms with E-state index in [1.54, 1.807) is 19.2 Å². The first-order valence-corrected chi connectivity index (χ1v) is 9.38. The van der Waals surface area contributed by atoms with Crippen LogP contribution < -0.4 is 4.74 Å². The van der Waals surface area contributed by atoms with Crippen molar-refractivity contribution in [1.82, 2.24) is 0 Å². The van der Waals surface area contributed by atoms with Gasteiger partial charge in [-0.05, 0) is 41.3 Å². The molecule has 3 rings (SSSR count). The molecule has 0 aromatic heterocycles. The van der Waals surface area contributed by atoms with Crippen molar-refractivity contribution >= 4 is 11.6 Å². The Morgan fingerprint density at radius 2 is 1.75 bits per heavy atom. The number of benzene rings is 3. The van der Waals surface area contributed by atoms with Crippen LogP contribution in [-0.2, 0) is 17.8 Å². The van der Waals surface area contributed by atoms with Gasteiger partial charge in [-0.3, -0.25) is 0 Å². The number of hydrogen-bond donors (Lipinski definition) is 1. The fourth-order valence-corrected chi connectivity index (χ4v) is 3.28. The van der Waals surface area contributed by atoms with Gasteiger partial charge in [-0.2, -0.15) is 0 Å². The van der Waals surface area contributed by atoms with Gasteiger partial charge in [-0.1, -0.05) is 54.1 Å². The van der Waals surface area contributed by atoms with E-state index in [-0.39, 0.29) is 24.5 Å². The topological polar surface area (TPSA) is 38.7 Å². The van der Waals surface area contributed by atoms with Crippen molar-refractivity contribution in [3.05, 3.63) is 88.2 Å². The lowest BCUT2D eigenvalue weighted by atomic mass is 9.95. The van der Waals surface area contributed by atoms with Crippen molar-refractivity contribution in [2.75, 3.05) is 20.3 Å². The maximum Gasteiger partial charge on any atom is 0.173 e. The van der Waals surface area contributed by atoms with E-state index in [9.17, 15) is 5.11 Å². The molecule has 5 heteroatoms. The van der Waals surface area contributed by atoms with Crippen LogP contribution in [0.25, 0.3) is 11.1 Å². The first-order valence-electron chi connectivity index (χ1n) is 9.00. The standard InChI is InChI=1S/C23H22ClFO3/c1-27-11-12-28-21-10-8-18(15-26)22(23(21)25)19-14-17(7-9-20(19)24)13-16-5-3-2-4-6-16/h2-10,14,26H,11-13,15H2,1H3. The molecule has 3 aromatic carbocycles. The summed E-state index contributed by atoms with van der Waals surface area (Å²) in [6, 6.07) is 18.7. The summed E-state index contributed by atoms with van der Waals surface area (Å²) >= 11 is 6.40. The van der Waals surface area contributed by atoms with E-state index in [0.29, 0.717) is 29.2 Å². The normalized spacial score (nSPS) is 10.9. The van der Waals surface area contributed by atoms with E-state index in [0.717, 1.165) is 11.1 Å². The molecule has 0 amide bonds. The highest BCUT2D eigenvalue weighted by molar-refractivity contribution is 6.33. The molecule has 0 saturated heterocycles. The van der Waals surface area contributed by atoms with Crippen LogP contribution in [0.3, 0.4) is 0 Å². The van der Waals surface area contributed by atoms with Gasteiger partial charge in [0.15, 0.2) is 11.6 Å². The van der Waals surface area contributed by atoms with Crippen LogP contribution in [0.2, 0.25) is 5.02 Å². The number of methoxy groups -OCH3 is 1. The second-order valence-electron chi connectivity index (χ2n) is 6.39. The molecule has 0 aliphatic carbocycles. The Labute approximate surface area is 169 Å². The minimum Gasteiger partial charge on any atom is -0.488 e. The van der Waals surface area contributed by atoms with Crippen molar-refractivity contribution in [2.24, 2.45) is 0 Å². The highest BCUT2D eigenvalue weighted by Gasteiger charge is 2.19. The molecule has 0 unspecified atom stereocenters. The van der Waals surface area contributed by atoms with Crippen molar-refractivity contribution in [1.29, 1.82) is 0 Å². The zero-order chi connectivity index (χ0) is 19.9. The molecule has 1 N–H and O–H groups in total. The summed E-state index contributed by atoms with van der Waals surface area (Å²) in [5, 5.41) is 10.2. The van der Waals surface area contributed by atoms with Crippen LogP contribution in [-0.4, -0.2) is 25.4 Å². The molecule has 3 aromatic rings. The predicted octanol–water partition coefficient (Wildman–Crippen LogP) is 5.25. The van der Waals surface area contributed by atoms with Crippen molar-refractivity contribution in [2.45, 2.75) is 13.0 Å². The molecule has 0 fully saturated rings. The smallest absolute Gasteiger partial charge is 0.173 e. The average Bonchev–Trinajstić information content (AvgIpc) is 2.71. The van der Waals surface area contributed by atoms with Crippen molar-refractivity contribution < 1.29 is 19.0 Å². The van der Waals surface area contributed by atoms with Gasteiger partial charge in [0.1, 0.15) is 6.61 Å². The Bertz CT molecular complexity index is 929. The summed E-state index contributed by atoms with van der Waals surface area (Å²) < 4.78 is 25.7. The summed E-state index contributed by atoms with van der Waals surface area (Å²) in [5.74, 6) is -0.435. The van der Waals surface area contributed by atoms with Gasteiger partial charge in [-0.15, -0.1) is 0 Å². The molecule has 0 aliphatic rings. The van der Waals surface area contributed by atoms with Crippen LogP contribution in [0.15, 0.2) is 60.7 Å². The Morgan fingerprint density at radius 1 is 0.964 bits per heavy atom. The largest absolute Gasteiger partial charge is 0.488 e. The van der Waals surface area contributed by atoms with Crippen LogP contribution in [0, 0.1) is 5.82 Å². The van der Waals surface area contributed by atoms with E-state index in [2.05, 4.69) is 0 Å². The lowest BCUT2D eigenvalue weighted by Gasteiger charge is -2.16. The van der Waals surface area contributed by atoms with Crippen molar-refractivity contribution in [3.63, 3.8) is 0 Å². The molecule has 0 radical (unpaired) electrons. The van der Waals surface area contributed by atoms with Gasteiger partial charge in [0.2, 0.25) is 0 Å². The number of rotatable bonds is 8. The average molecular weight is 401 g/mol. The maximum atomic E-state index is 15.2. The monoisotopic (exact) mass is 400 g/mol. The lowest BCUT2D eigenvalue weighted by Crippen LogP contribution is -2.07. The fourth-order valence-electron chi connectivity index (χ4n) is 3.07. The first kappa shape index (κ1) is 20.3. The summed E-state index contributed by atoms with van der Waals surface area (Å²) in [7, 11) is 1.55. The molecular weight excluding hydrogens is 379 g/mol. The number of halogens is 2. The molecule has 0 heterocycles. The number of hydrogen-bond acceptors (Lipinski definition) is 3. The van der Waals surface area contributed by atoms with Gasteiger partial charge >= 0.3 is 0 Å². The van der Waals surface area contributed by atoms with Crippen molar-refractivity contribution in [3.8, 4) is 16.9 Å². The quantitative estimate of drug-likeness (QED) is 0.524. The van der Waals surface area contributed by atoms with E-state index in [1.165, 1.54) is 6.07 Å². The van der Waals surface area contributed by atoms with Crippen LogP contribution in [0.4, 0.5) is 4.39 Å². The number of ether oxygens (including phenoxy) is 2. The van der Waals surface area contributed by atoms with Crippen LogP contribution in [0.5, 0.6) is 5.75 Å². The summed E-state index contributed by atoms with van der Waals surface area (Å²) in [5.41, 5.74) is 3.40. The zero-order valence-corrected chi connectivity index (χ0v) is 16.4. The third kappa shape index (κ3) is 4.71. The third-order valence-corrected chi connectivity index (χ3v) is 4.79. The van der Waals surface area contributed by atoms with Crippen LogP contribution >= 0.6 is 11.6 Å². The zero-order valence-electron chi connectivity index (χ0n) is 15.6. The molecule has 3 nitrogen and oxygen atoms in total. The first-order chi connectivity index (χ1) is 13.6. The predicted molar refractivity (Wildman–Crippen MR) is 109 cm³/mol. The summed E-state index contributed by atoms with van der Waals surface area (Å²) in [4.78, 5) is 0. The maximum absolute atomic E-state index is 15.2. The molecule has 0 saturated carbocycles. The molecule has 28 heavy (non-hydrogen) atoms. The minimum atomic E-state index is -0.540. The SMILES string of the molecule is COCCOc1ccc(CO)c(-c2cc(Cc3ccccc3)ccc2Cl)c1F. The Morgan fingerprint density at radius 3 is 2.46 bits per heavy atom. The highest BCUT2D eigenvalue weighted by Crippen LogP contribution is 2.37. The van der Waals surface area contributed by atoms with E-state index < -0.39 is 5.82 Å². The molecule has 0 atom stereocenters. The third-order valence-electron chi connectivity index (χ3n) is 4.46. The Hall–Kier alpha value is -2.40. The second-order valence-corrected chi connectivity index (χ2v) is 6.79. The van der Waals surface area contributed by atoms with Crippen LogP contribution in [0.1, 0.15) is 16.7 Å².